The van der Waals surface area contributed by atoms with Crippen LogP contribution < -0.4 is 5.32 Å². The molecule has 9 nitrogen and oxygen atoms in total. The predicted octanol–water partition coefficient (Wildman–Crippen LogP) is 4.15. The number of thiophene rings is 1. The van der Waals surface area contributed by atoms with E-state index in [-0.39, 0.29) is 12.3 Å². The van der Waals surface area contributed by atoms with Crippen LogP contribution in [0.25, 0.3) is 6.08 Å². The van der Waals surface area contributed by atoms with Crippen LogP contribution in [-0.2, 0) is 31.9 Å². The van der Waals surface area contributed by atoms with Gasteiger partial charge in [-0.15, -0.1) is 11.3 Å². The summed E-state index contributed by atoms with van der Waals surface area (Å²) in [5, 5.41) is 13.9. The van der Waals surface area contributed by atoms with E-state index in [4.69, 9.17) is 9.47 Å². The Morgan fingerprint density at radius 2 is 2.09 bits per heavy atom. The molecule has 10 heteroatoms. The van der Waals surface area contributed by atoms with Gasteiger partial charge in [-0.05, 0) is 49.3 Å². The Morgan fingerprint density at radius 1 is 1.30 bits per heavy atom. The highest BCUT2D eigenvalue weighted by Gasteiger charge is 2.29. The fourth-order valence-corrected chi connectivity index (χ4v) is 4.93. The molecule has 174 valence electrons. The SMILES string of the molecule is CCOC(=O)c1c(NC(=O)COC(=O)/C=C/c2cccc([N+](=O)[O-])c2)sc2c1CCC(C)C2. The molecule has 1 aliphatic rings. The van der Waals surface area contributed by atoms with Crippen molar-refractivity contribution in [3.8, 4) is 0 Å². The minimum atomic E-state index is -0.776. The second-order valence-corrected chi connectivity index (χ2v) is 8.72. The number of carbonyl (C=O) groups excluding carboxylic acids is 3. The van der Waals surface area contributed by atoms with Crippen LogP contribution in [0.3, 0.4) is 0 Å². The largest absolute Gasteiger partial charge is 0.462 e. The van der Waals surface area contributed by atoms with E-state index in [1.807, 2.05) is 0 Å². The van der Waals surface area contributed by atoms with Crippen LogP contribution in [0, 0.1) is 16.0 Å². The first-order chi connectivity index (χ1) is 15.8. The second-order valence-electron chi connectivity index (χ2n) is 7.62. The van der Waals surface area contributed by atoms with Gasteiger partial charge in [0.1, 0.15) is 5.00 Å². The first-order valence-electron chi connectivity index (χ1n) is 10.5. The molecule has 1 amide bonds. The molecule has 0 saturated heterocycles. The minimum Gasteiger partial charge on any atom is -0.462 e. The molecule has 0 spiro atoms. The minimum absolute atomic E-state index is 0.102. The van der Waals surface area contributed by atoms with Crippen molar-refractivity contribution < 1.29 is 28.8 Å². The van der Waals surface area contributed by atoms with Gasteiger partial charge in [-0.25, -0.2) is 9.59 Å². The Balaban J connectivity index is 1.62. The number of nitrogens with zero attached hydrogens (tertiary/aromatic N) is 1. The number of non-ortho nitro benzene ring substituents is 1. The van der Waals surface area contributed by atoms with Gasteiger partial charge in [-0.3, -0.25) is 14.9 Å². The molecular weight excluding hydrogens is 448 g/mol. The fraction of sp³-hybridized carbons (Fsp3) is 0.348. The molecule has 0 bridgehead atoms. The average molecular weight is 473 g/mol. The van der Waals surface area contributed by atoms with Gasteiger partial charge in [-0.2, -0.15) is 0 Å². The third-order valence-electron chi connectivity index (χ3n) is 5.08. The molecule has 1 aromatic carbocycles. The Hall–Kier alpha value is -3.53. The van der Waals surface area contributed by atoms with Gasteiger partial charge in [-0.1, -0.05) is 19.1 Å². The van der Waals surface area contributed by atoms with Crippen molar-refractivity contribution in [3.63, 3.8) is 0 Å². The number of amides is 1. The Kier molecular flexibility index (Phi) is 7.94. The molecule has 1 aliphatic carbocycles. The molecular formula is C23H24N2O7S. The summed E-state index contributed by atoms with van der Waals surface area (Å²) < 4.78 is 10.1. The van der Waals surface area contributed by atoms with E-state index in [1.54, 1.807) is 13.0 Å². The van der Waals surface area contributed by atoms with Crippen LogP contribution in [0.4, 0.5) is 10.7 Å². The van der Waals surface area contributed by atoms with Crippen LogP contribution >= 0.6 is 11.3 Å². The average Bonchev–Trinajstić information content (AvgIpc) is 3.13. The van der Waals surface area contributed by atoms with Crippen molar-refractivity contribution in [1.82, 2.24) is 0 Å². The van der Waals surface area contributed by atoms with Crippen molar-refractivity contribution in [3.05, 3.63) is 62.0 Å². The van der Waals surface area contributed by atoms with Crippen molar-refractivity contribution >= 4 is 45.9 Å². The number of rotatable bonds is 8. The summed E-state index contributed by atoms with van der Waals surface area (Å²) >= 11 is 1.35. The molecule has 0 aliphatic heterocycles. The highest BCUT2D eigenvalue weighted by molar-refractivity contribution is 7.17. The maximum Gasteiger partial charge on any atom is 0.341 e. The van der Waals surface area contributed by atoms with E-state index in [0.717, 1.165) is 35.8 Å². The highest BCUT2D eigenvalue weighted by atomic mass is 32.1. The van der Waals surface area contributed by atoms with Gasteiger partial charge < -0.3 is 14.8 Å². The van der Waals surface area contributed by atoms with E-state index >= 15 is 0 Å². The lowest BCUT2D eigenvalue weighted by atomic mass is 9.88. The summed E-state index contributed by atoms with van der Waals surface area (Å²) in [5.74, 6) is -1.34. The molecule has 0 fully saturated rings. The molecule has 3 rings (SSSR count). The first kappa shape index (κ1) is 24.1. The summed E-state index contributed by atoms with van der Waals surface area (Å²) in [6.45, 7) is 3.55. The molecule has 1 heterocycles. The number of nitrogens with one attached hydrogen (secondary N) is 1. The molecule has 1 N–H and O–H groups in total. The quantitative estimate of drug-likeness (QED) is 0.265. The number of nitro benzene ring substituents is 1. The van der Waals surface area contributed by atoms with E-state index in [1.165, 1.54) is 35.6 Å². The zero-order valence-electron chi connectivity index (χ0n) is 18.3. The standard InChI is InChI=1S/C23H24N2O7S/c1-3-31-23(28)21-17-9-7-14(2)11-18(17)33-22(21)24-19(26)13-32-20(27)10-8-15-5-4-6-16(12-15)25(29)30/h4-6,8,10,12,14H,3,7,9,11,13H2,1-2H3,(H,24,26)/b10-8+. The molecule has 0 radical (unpaired) electrons. The zero-order chi connectivity index (χ0) is 24.0. The van der Waals surface area contributed by atoms with E-state index in [2.05, 4.69) is 12.2 Å². The van der Waals surface area contributed by atoms with Crippen molar-refractivity contribution in [2.45, 2.75) is 33.1 Å². The van der Waals surface area contributed by atoms with Crippen molar-refractivity contribution in [2.75, 3.05) is 18.5 Å². The molecule has 33 heavy (non-hydrogen) atoms. The molecule has 1 unspecified atom stereocenters. The number of carbonyl (C=O) groups is 3. The number of fused-ring (bicyclic) bond motifs is 1. The Labute approximate surface area is 194 Å². The highest BCUT2D eigenvalue weighted by Crippen LogP contribution is 2.40. The lowest BCUT2D eigenvalue weighted by molar-refractivity contribution is -0.384. The summed E-state index contributed by atoms with van der Waals surface area (Å²) in [6.07, 6.45) is 4.98. The lowest BCUT2D eigenvalue weighted by Crippen LogP contribution is -2.21. The van der Waals surface area contributed by atoms with Crippen molar-refractivity contribution in [1.29, 1.82) is 0 Å². The van der Waals surface area contributed by atoms with Gasteiger partial charge in [0.25, 0.3) is 11.6 Å². The van der Waals surface area contributed by atoms with Crippen LogP contribution in [0.5, 0.6) is 0 Å². The van der Waals surface area contributed by atoms with Gasteiger partial charge in [0.15, 0.2) is 6.61 Å². The van der Waals surface area contributed by atoms with Gasteiger partial charge in [0, 0.05) is 23.1 Å². The number of ether oxygens (including phenoxy) is 2. The van der Waals surface area contributed by atoms with Crippen LogP contribution in [0.15, 0.2) is 30.3 Å². The van der Waals surface area contributed by atoms with E-state index in [9.17, 15) is 24.5 Å². The number of benzene rings is 1. The maximum absolute atomic E-state index is 12.5. The molecule has 1 aromatic heterocycles. The summed E-state index contributed by atoms with van der Waals surface area (Å²) in [4.78, 5) is 48.2. The molecule has 1 atom stereocenters. The Bertz CT molecular complexity index is 1110. The van der Waals surface area contributed by atoms with Crippen LogP contribution in [0.1, 0.15) is 46.6 Å². The third kappa shape index (κ3) is 6.26. The van der Waals surface area contributed by atoms with Gasteiger partial charge in [0.2, 0.25) is 0 Å². The topological polar surface area (TPSA) is 125 Å². The summed E-state index contributed by atoms with van der Waals surface area (Å²) in [7, 11) is 0. The van der Waals surface area contributed by atoms with Gasteiger partial charge in [0.05, 0.1) is 17.1 Å². The molecule has 2 aromatic rings. The van der Waals surface area contributed by atoms with Crippen LogP contribution in [-0.4, -0.2) is 36.0 Å². The first-order valence-corrected chi connectivity index (χ1v) is 11.3. The maximum atomic E-state index is 12.5. The Morgan fingerprint density at radius 3 is 2.82 bits per heavy atom. The van der Waals surface area contributed by atoms with E-state index < -0.39 is 29.4 Å². The smallest absolute Gasteiger partial charge is 0.341 e. The number of anilines is 1. The second kappa shape index (κ2) is 10.9. The number of hydrogen-bond donors (Lipinski definition) is 1. The third-order valence-corrected chi connectivity index (χ3v) is 6.25. The van der Waals surface area contributed by atoms with Gasteiger partial charge >= 0.3 is 11.9 Å². The summed E-state index contributed by atoms with van der Waals surface area (Å²) in [6, 6.07) is 5.75. The summed E-state index contributed by atoms with van der Waals surface area (Å²) in [5.41, 5.74) is 1.65. The number of nitro groups is 1. The van der Waals surface area contributed by atoms with Crippen molar-refractivity contribution in [2.24, 2.45) is 5.92 Å². The molecule has 0 saturated carbocycles. The normalized spacial score (nSPS) is 15.0. The fourth-order valence-electron chi connectivity index (χ4n) is 3.51. The monoisotopic (exact) mass is 472 g/mol. The van der Waals surface area contributed by atoms with Crippen LogP contribution in [0.2, 0.25) is 0 Å². The lowest BCUT2D eigenvalue weighted by Gasteiger charge is -2.18. The number of esters is 2. The zero-order valence-corrected chi connectivity index (χ0v) is 19.1. The predicted molar refractivity (Wildman–Crippen MR) is 123 cm³/mol. The number of hydrogen-bond acceptors (Lipinski definition) is 8. The van der Waals surface area contributed by atoms with E-state index in [0.29, 0.717) is 22.0 Å².